The van der Waals surface area contributed by atoms with Gasteiger partial charge in [0, 0.05) is 19.0 Å². The SMILES string of the molecule is NCC(CC(O)O)NCC(=O)O. The first-order valence-electron chi connectivity index (χ1n) is 3.57. The molecule has 0 heterocycles. The van der Waals surface area contributed by atoms with E-state index in [4.69, 9.17) is 21.1 Å². The minimum atomic E-state index is -1.46. The number of carboxylic acid groups (broad SMARTS) is 1. The van der Waals surface area contributed by atoms with Crippen molar-refractivity contribution in [1.29, 1.82) is 0 Å². The molecule has 6 heteroatoms. The number of hydrogen-bond acceptors (Lipinski definition) is 5. The number of hydrogen-bond donors (Lipinski definition) is 5. The number of carbonyl (C=O) groups is 1. The van der Waals surface area contributed by atoms with E-state index in [1.54, 1.807) is 0 Å². The molecule has 72 valence electrons. The molecule has 0 aromatic rings. The smallest absolute Gasteiger partial charge is 0.317 e. The van der Waals surface area contributed by atoms with E-state index < -0.39 is 12.3 Å². The van der Waals surface area contributed by atoms with E-state index in [1.807, 2.05) is 0 Å². The maximum absolute atomic E-state index is 10.1. The van der Waals surface area contributed by atoms with Crippen LogP contribution in [0.5, 0.6) is 0 Å². The minimum Gasteiger partial charge on any atom is -0.480 e. The highest BCUT2D eigenvalue weighted by Gasteiger charge is 2.11. The van der Waals surface area contributed by atoms with Gasteiger partial charge in [-0.15, -0.1) is 0 Å². The summed E-state index contributed by atoms with van der Waals surface area (Å²) in [4.78, 5) is 10.1. The van der Waals surface area contributed by atoms with Gasteiger partial charge in [-0.05, 0) is 0 Å². The van der Waals surface area contributed by atoms with Gasteiger partial charge in [0.2, 0.25) is 0 Å². The summed E-state index contributed by atoms with van der Waals surface area (Å²) in [6.07, 6.45) is -1.43. The van der Waals surface area contributed by atoms with Crippen molar-refractivity contribution in [1.82, 2.24) is 5.32 Å². The zero-order valence-electron chi connectivity index (χ0n) is 6.60. The normalized spacial score (nSPS) is 13.3. The van der Waals surface area contributed by atoms with Crippen molar-refractivity contribution in [3.8, 4) is 0 Å². The first kappa shape index (κ1) is 11.3. The second kappa shape index (κ2) is 5.90. The van der Waals surface area contributed by atoms with E-state index in [0.717, 1.165) is 0 Å². The van der Waals surface area contributed by atoms with Crippen LogP contribution in [0.1, 0.15) is 6.42 Å². The summed E-state index contributed by atoms with van der Waals surface area (Å²) in [5, 5.41) is 27.9. The summed E-state index contributed by atoms with van der Waals surface area (Å²) in [6.45, 7) is -0.0561. The van der Waals surface area contributed by atoms with E-state index in [2.05, 4.69) is 5.32 Å². The average molecular weight is 178 g/mol. The number of nitrogens with one attached hydrogen (secondary N) is 1. The lowest BCUT2D eigenvalue weighted by molar-refractivity contribution is -0.136. The van der Waals surface area contributed by atoms with Crippen molar-refractivity contribution in [2.24, 2.45) is 5.73 Å². The number of rotatable bonds is 6. The molecule has 12 heavy (non-hydrogen) atoms. The Kier molecular flexibility index (Phi) is 5.56. The molecule has 1 atom stereocenters. The molecule has 0 amide bonds. The Hall–Kier alpha value is -0.690. The van der Waals surface area contributed by atoms with Gasteiger partial charge in [-0.1, -0.05) is 0 Å². The lowest BCUT2D eigenvalue weighted by Crippen LogP contribution is -2.41. The fourth-order valence-electron chi connectivity index (χ4n) is 0.749. The summed E-state index contributed by atoms with van der Waals surface area (Å²) < 4.78 is 0. The van der Waals surface area contributed by atoms with Crippen molar-refractivity contribution in [2.45, 2.75) is 18.8 Å². The largest absolute Gasteiger partial charge is 0.480 e. The molecular formula is C6H14N2O4. The van der Waals surface area contributed by atoms with Crippen LogP contribution in [-0.4, -0.2) is 46.7 Å². The highest BCUT2D eigenvalue weighted by molar-refractivity contribution is 5.69. The van der Waals surface area contributed by atoms with Crippen LogP contribution in [0.4, 0.5) is 0 Å². The van der Waals surface area contributed by atoms with Gasteiger partial charge in [-0.25, -0.2) is 0 Å². The molecule has 0 saturated carbocycles. The monoisotopic (exact) mass is 178 g/mol. The topological polar surface area (TPSA) is 116 Å². The van der Waals surface area contributed by atoms with E-state index in [1.165, 1.54) is 0 Å². The lowest BCUT2D eigenvalue weighted by atomic mass is 10.2. The third-order valence-electron chi connectivity index (χ3n) is 1.32. The number of aliphatic hydroxyl groups excluding tert-OH is 1. The van der Waals surface area contributed by atoms with Gasteiger partial charge in [-0.3, -0.25) is 4.79 Å². The van der Waals surface area contributed by atoms with Crippen molar-refractivity contribution in [3.05, 3.63) is 0 Å². The number of aliphatic carboxylic acids is 1. The average Bonchev–Trinajstić information content (AvgIpc) is 1.97. The van der Waals surface area contributed by atoms with Crippen molar-refractivity contribution < 1.29 is 20.1 Å². The molecule has 0 rings (SSSR count). The molecule has 0 bridgehead atoms. The Morgan fingerprint density at radius 2 is 2.08 bits per heavy atom. The molecule has 0 spiro atoms. The fraction of sp³-hybridized carbons (Fsp3) is 0.833. The van der Waals surface area contributed by atoms with Crippen LogP contribution in [0.15, 0.2) is 0 Å². The summed E-state index contributed by atoms with van der Waals surface area (Å²) in [7, 11) is 0. The molecule has 6 nitrogen and oxygen atoms in total. The number of nitrogens with two attached hydrogens (primary N) is 1. The van der Waals surface area contributed by atoms with Crippen LogP contribution in [0.2, 0.25) is 0 Å². The molecule has 0 radical (unpaired) electrons. The molecule has 0 aliphatic heterocycles. The third-order valence-corrected chi connectivity index (χ3v) is 1.32. The maximum atomic E-state index is 10.1. The Morgan fingerprint density at radius 1 is 1.50 bits per heavy atom. The Morgan fingerprint density at radius 3 is 2.42 bits per heavy atom. The van der Waals surface area contributed by atoms with Crippen LogP contribution in [0.25, 0.3) is 0 Å². The second-order valence-corrected chi connectivity index (χ2v) is 2.42. The molecule has 0 aliphatic carbocycles. The van der Waals surface area contributed by atoms with Gasteiger partial charge in [0.15, 0.2) is 6.29 Å². The van der Waals surface area contributed by atoms with Gasteiger partial charge in [0.1, 0.15) is 0 Å². The van der Waals surface area contributed by atoms with E-state index in [9.17, 15) is 4.79 Å². The van der Waals surface area contributed by atoms with Crippen LogP contribution in [0, 0.1) is 0 Å². The molecule has 0 aliphatic rings. The van der Waals surface area contributed by atoms with Crippen molar-refractivity contribution in [3.63, 3.8) is 0 Å². The zero-order chi connectivity index (χ0) is 9.56. The van der Waals surface area contributed by atoms with Gasteiger partial charge in [0.25, 0.3) is 0 Å². The van der Waals surface area contributed by atoms with Crippen LogP contribution < -0.4 is 11.1 Å². The fourth-order valence-corrected chi connectivity index (χ4v) is 0.749. The van der Waals surface area contributed by atoms with E-state index in [0.29, 0.717) is 0 Å². The van der Waals surface area contributed by atoms with Crippen LogP contribution in [-0.2, 0) is 4.79 Å². The summed E-state index contributed by atoms with van der Waals surface area (Å²) >= 11 is 0. The van der Waals surface area contributed by atoms with E-state index in [-0.39, 0.29) is 25.6 Å². The van der Waals surface area contributed by atoms with Gasteiger partial charge < -0.3 is 26.4 Å². The number of carboxylic acids is 1. The summed E-state index contributed by atoms with van der Waals surface area (Å²) in [5.41, 5.74) is 5.23. The summed E-state index contributed by atoms with van der Waals surface area (Å²) in [6, 6.07) is -0.374. The lowest BCUT2D eigenvalue weighted by Gasteiger charge is -2.15. The molecular weight excluding hydrogens is 164 g/mol. The maximum Gasteiger partial charge on any atom is 0.317 e. The third kappa shape index (κ3) is 6.05. The van der Waals surface area contributed by atoms with Crippen molar-refractivity contribution in [2.75, 3.05) is 13.1 Å². The summed E-state index contributed by atoms with van der Waals surface area (Å²) in [5.74, 6) is -0.999. The van der Waals surface area contributed by atoms with Gasteiger partial charge in [0.05, 0.1) is 6.54 Å². The van der Waals surface area contributed by atoms with E-state index >= 15 is 0 Å². The first-order chi connectivity index (χ1) is 5.56. The molecule has 1 unspecified atom stereocenters. The zero-order valence-corrected chi connectivity index (χ0v) is 6.60. The predicted molar refractivity (Wildman–Crippen MR) is 41.3 cm³/mol. The molecule has 0 aromatic carbocycles. The van der Waals surface area contributed by atoms with Crippen LogP contribution in [0.3, 0.4) is 0 Å². The first-order valence-corrected chi connectivity index (χ1v) is 3.57. The second-order valence-electron chi connectivity index (χ2n) is 2.42. The highest BCUT2D eigenvalue weighted by atomic mass is 16.5. The Balaban J connectivity index is 3.60. The molecule has 0 saturated heterocycles. The Labute approximate surface area is 70.0 Å². The number of aliphatic hydroxyl groups is 2. The highest BCUT2D eigenvalue weighted by Crippen LogP contribution is 1.92. The van der Waals surface area contributed by atoms with Crippen LogP contribution >= 0.6 is 0 Å². The quantitative estimate of drug-likeness (QED) is 0.292. The van der Waals surface area contributed by atoms with Gasteiger partial charge in [-0.2, -0.15) is 0 Å². The minimum absolute atomic E-state index is 0.0315. The molecule has 6 N–H and O–H groups in total. The van der Waals surface area contributed by atoms with Crippen molar-refractivity contribution >= 4 is 5.97 Å². The van der Waals surface area contributed by atoms with Gasteiger partial charge >= 0.3 is 5.97 Å². The standard InChI is InChI=1S/C6H14N2O4/c7-2-4(1-5(9)10)8-3-6(11)12/h4-5,8-10H,1-3,7H2,(H,11,12). The predicted octanol–water partition coefficient (Wildman–Crippen LogP) is -2.31. The molecule has 0 fully saturated rings. The Bertz CT molecular complexity index is 140. The molecule has 0 aromatic heterocycles.